The van der Waals surface area contributed by atoms with Crippen molar-refractivity contribution in [3.63, 3.8) is 0 Å². The van der Waals surface area contributed by atoms with E-state index in [0.717, 1.165) is 37.1 Å². The van der Waals surface area contributed by atoms with Crippen molar-refractivity contribution in [3.05, 3.63) is 64.7 Å². The van der Waals surface area contributed by atoms with Crippen LogP contribution >= 0.6 is 0 Å². The van der Waals surface area contributed by atoms with E-state index in [2.05, 4.69) is 20.4 Å². The fourth-order valence-corrected chi connectivity index (χ4v) is 3.74. The van der Waals surface area contributed by atoms with E-state index in [1.807, 2.05) is 36.1 Å². The smallest absolute Gasteiger partial charge is 0.387 e. The van der Waals surface area contributed by atoms with Gasteiger partial charge in [0.25, 0.3) is 5.91 Å². The molecule has 0 aliphatic carbocycles. The molecule has 2 N–H and O–H groups in total. The molecule has 172 valence electrons. The second-order valence-electron chi connectivity index (χ2n) is 7.82. The molecule has 1 amide bonds. The van der Waals surface area contributed by atoms with Crippen LogP contribution in [-0.4, -0.2) is 43.5 Å². The molecule has 1 heterocycles. The number of aryl methyl sites for hydroxylation is 1. The van der Waals surface area contributed by atoms with Gasteiger partial charge in [0, 0.05) is 44.4 Å². The van der Waals surface area contributed by atoms with Crippen LogP contribution in [0.15, 0.2) is 47.5 Å². The number of halogens is 2. The molecule has 1 fully saturated rings. The number of piperidine rings is 1. The van der Waals surface area contributed by atoms with Gasteiger partial charge in [-0.05, 0) is 49.9 Å². The maximum Gasteiger partial charge on any atom is 0.387 e. The van der Waals surface area contributed by atoms with E-state index in [0.29, 0.717) is 23.6 Å². The van der Waals surface area contributed by atoms with Crippen molar-refractivity contribution in [3.8, 4) is 5.75 Å². The molecule has 32 heavy (non-hydrogen) atoms. The van der Waals surface area contributed by atoms with E-state index in [-0.39, 0.29) is 18.2 Å². The van der Waals surface area contributed by atoms with Crippen LogP contribution in [0.3, 0.4) is 0 Å². The first-order valence-corrected chi connectivity index (χ1v) is 10.8. The van der Waals surface area contributed by atoms with E-state index in [1.54, 1.807) is 25.2 Å². The highest BCUT2D eigenvalue weighted by atomic mass is 19.3. The van der Waals surface area contributed by atoms with E-state index >= 15 is 0 Å². The lowest BCUT2D eigenvalue weighted by molar-refractivity contribution is -0.0504. The Kier molecular flexibility index (Phi) is 8.41. The topological polar surface area (TPSA) is 66.0 Å². The van der Waals surface area contributed by atoms with E-state index < -0.39 is 6.61 Å². The predicted molar refractivity (Wildman–Crippen MR) is 121 cm³/mol. The van der Waals surface area contributed by atoms with Crippen molar-refractivity contribution in [1.82, 2.24) is 15.5 Å². The van der Waals surface area contributed by atoms with Gasteiger partial charge in [0.2, 0.25) is 0 Å². The fraction of sp³-hybridized carbons (Fsp3) is 0.417. The minimum Gasteiger partial charge on any atom is -0.434 e. The van der Waals surface area contributed by atoms with Gasteiger partial charge in [0.15, 0.2) is 5.96 Å². The lowest BCUT2D eigenvalue weighted by Crippen LogP contribution is -2.37. The molecule has 2 aromatic carbocycles. The summed E-state index contributed by atoms with van der Waals surface area (Å²) < 4.78 is 30.0. The maximum absolute atomic E-state index is 12.7. The number of guanidine groups is 1. The summed E-state index contributed by atoms with van der Waals surface area (Å²) >= 11 is 0. The predicted octanol–water partition coefficient (Wildman–Crippen LogP) is 4.09. The quantitative estimate of drug-likeness (QED) is 0.499. The second kappa shape index (κ2) is 11.5. The Morgan fingerprint density at radius 3 is 2.56 bits per heavy atom. The molecule has 0 bridgehead atoms. The summed E-state index contributed by atoms with van der Waals surface area (Å²) in [6, 6.07) is 12.6. The van der Waals surface area contributed by atoms with Crippen LogP contribution in [0.25, 0.3) is 0 Å². The molecule has 3 rings (SSSR count). The number of carbonyl (C=O) groups is 1. The number of alkyl halides is 2. The molecule has 1 saturated heterocycles. The molecular formula is C24H30F2N4O2. The molecule has 8 heteroatoms. The molecule has 1 aliphatic rings. The first-order chi connectivity index (χ1) is 15.5. The Hall–Kier alpha value is -3.16. The van der Waals surface area contributed by atoms with Gasteiger partial charge in [-0.15, -0.1) is 0 Å². The fourth-order valence-electron chi connectivity index (χ4n) is 3.74. The number of nitrogens with one attached hydrogen (secondary N) is 2. The highest BCUT2D eigenvalue weighted by molar-refractivity contribution is 5.94. The van der Waals surface area contributed by atoms with Crippen molar-refractivity contribution < 1.29 is 18.3 Å². The van der Waals surface area contributed by atoms with Crippen LogP contribution in [0.4, 0.5) is 8.78 Å². The van der Waals surface area contributed by atoms with E-state index in [4.69, 9.17) is 0 Å². The standard InChI is InChI=1S/C24H30F2N4O2/c1-17-9-10-21(32-23(25)26)20(13-17)16-29-24(27-2)28-15-18-7-6-8-19(14-18)22(31)30-11-4-3-5-12-30/h6-10,13-14,23H,3-5,11-12,15-16H2,1-2H3,(H2,27,28,29). The van der Waals surface area contributed by atoms with Gasteiger partial charge in [-0.3, -0.25) is 9.79 Å². The summed E-state index contributed by atoms with van der Waals surface area (Å²) in [5, 5.41) is 6.33. The third-order valence-electron chi connectivity index (χ3n) is 5.38. The first-order valence-electron chi connectivity index (χ1n) is 10.8. The zero-order chi connectivity index (χ0) is 22.9. The van der Waals surface area contributed by atoms with Crippen LogP contribution < -0.4 is 15.4 Å². The number of ether oxygens (including phenoxy) is 1. The molecule has 2 aromatic rings. The van der Waals surface area contributed by atoms with Crippen molar-refractivity contribution in [2.45, 2.75) is 45.9 Å². The van der Waals surface area contributed by atoms with Gasteiger partial charge in [0.1, 0.15) is 5.75 Å². The minimum atomic E-state index is -2.88. The molecule has 0 atom stereocenters. The van der Waals surface area contributed by atoms with Crippen LogP contribution in [-0.2, 0) is 13.1 Å². The SMILES string of the molecule is CN=C(NCc1cccc(C(=O)N2CCCCC2)c1)NCc1cc(C)ccc1OC(F)F. The maximum atomic E-state index is 12.7. The number of rotatable bonds is 7. The monoisotopic (exact) mass is 444 g/mol. The van der Waals surface area contributed by atoms with Crippen LogP contribution in [0.5, 0.6) is 5.75 Å². The number of nitrogens with zero attached hydrogens (tertiary/aromatic N) is 2. The number of hydrogen-bond acceptors (Lipinski definition) is 3. The van der Waals surface area contributed by atoms with Crippen molar-refractivity contribution in [2.75, 3.05) is 20.1 Å². The Morgan fingerprint density at radius 2 is 1.84 bits per heavy atom. The summed E-state index contributed by atoms with van der Waals surface area (Å²) in [5.74, 6) is 0.722. The zero-order valence-corrected chi connectivity index (χ0v) is 18.5. The van der Waals surface area contributed by atoms with E-state index in [9.17, 15) is 13.6 Å². The normalized spacial score (nSPS) is 14.4. The molecule has 0 spiro atoms. The number of likely N-dealkylation sites (tertiary alicyclic amines) is 1. The highest BCUT2D eigenvalue weighted by Crippen LogP contribution is 2.22. The first kappa shape index (κ1) is 23.5. The molecule has 1 aliphatic heterocycles. The Labute approximate surface area is 187 Å². The lowest BCUT2D eigenvalue weighted by Gasteiger charge is -2.26. The van der Waals surface area contributed by atoms with Crippen LogP contribution in [0.1, 0.15) is 46.3 Å². The van der Waals surface area contributed by atoms with Gasteiger partial charge in [-0.25, -0.2) is 0 Å². The van der Waals surface area contributed by atoms with Crippen molar-refractivity contribution in [1.29, 1.82) is 0 Å². The van der Waals surface area contributed by atoms with Gasteiger partial charge in [0.05, 0.1) is 0 Å². The average molecular weight is 445 g/mol. The Balaban J connectivity index is 1.58. The highest BCUT2D eigenvalue weighted by Gasteiger charge is 2.18. The largest absolute Gasteiger partial charge is 0.434 e. The van der Waals surface area contributed by atoms with Crippen LogP contribution in [0, 0.1) is 6.92 Å². The Morgan fingerprint density at radius 1 is 1.09 bits per heavy atom. The third kappa shape index (κ3) is 6.67. The molecule has 0 aromatic heterocycles. The summed E-state index contributed by atoms with van der Waals surface area (Å²) in [5.41, 5.74) is 3.19. The minimum absolute atomic E-state index is 0.0695. The van der Waals surface area contributed by atoms with Crippen molar-refractivity contribution >= 4 is 11.9 Å². The summed E-state index contributed by atoms with van der Waals surface area (Å²) in [4.78, 5) is 18.9. The number of amides is 1. The van der Waals surface area contributed by atoms with Gasteiger partial charge >= 0.3 is 6.61 Å². The van der Waals surface area contributed by atoms with Crippen molar-refractivity contribution in [2.24, 2.45) is 4.99 Å². The van der Waals surface area contributed by atoms with Crippen LogP contribution in [0.2, 0.25) is 0 Å². The van der Waals surface area contributed by atoms with Gasteiger partial charge in [-0.1, -0.05) is 29.8 Å². The third-order valence-corrected chi connectivity index (χ3v) is 5.38. The second-order valence-corrected chi connectivity index (χ2v) is 7.82. The summed E-state index contributed by atoms with van der Waals surface area (Å²) in [6.07, 6.45) is 3.29. The number of aliphatic imine (C=N–C) groups is 1. The number of hydrogen-bond donors (Lipinski definition) is 2. The lowest BCUT2D eigenvalue weighted by atomic mass is 10.1. The molecule has 6 nitrogen and oxygen atoms in total. The summed E-state index contributed by atoms with van der Waals surface area (Å²) in [6.45, 7) is 1.38. The summed E-state index contributed by atoms with van der Waals surface area (Å²) in [7, 11) is 1.64. The Bertz CT molecular complexity index is 943. The molecular weight excluding hydrogens is 414 g/mol. The number of benzene rings is 2. The zero-order valence-electron chi connectivity index (χ0n) is 18.5. The average Bonchev–Trinajstić information content (AvgIpc) is 2.80. The van der Waals surface area contributed by atoms with Gasteiger partial charge in [-0.2, -0.15) is 8.78 Å². The van der Waals surface area contributed by atoms with E-state index in [1.165, 1.54) is 6.42 Å². The number of carbonyl (C=O) groups excluding carboxylic acids is 1. The molecule has 0 saturated carbocycles. The van der Waals surface area contributed by atoms with Gasteiger partial charge < -0.3 is 20.3 Å². The molecule has 0 unspecified atom stereocenters. The molecule has 0 radical (unpaired) electrons.